The second-order valence-electron chi connectivity index (χ2n) is 7.30. The number of halogens is 2. The highest BCUT2D eigenvalue weighted by Crippen LogP contribution is 2.22. The third kappa shape index (κ3) is 6.27. The first-order valence-corrected chi connectivity index (χ1v) is 9.83. The Balaban J connectivity index is 1.41. The second-order valence-corrected chi connectivity index (χ2v) is 7.30. The lowest BCUT2D eigenvalue weighted by molar-refractivity contribution is -0.121. The van der Waals surface area contributed by atoms with Gasteiger partial charge < -0.3 is 15.5 Å². The summed E-state index contributed by atoms with van der Waals surface area (Å²) in [6.45, 7) is 1.34. The largest absolute Gasteiger partial charge is 0.352 e. The van der Waals surface area contributed by atoms with Crippen LogP contribution in [0.15, 0.2) is 48.5 Å². The summed E-state index contributed by atoms with van der Waals surface area (Å²) < 4.78 is 26.5. The third-order valence-electron chi connectivity index (χ3n) is 5.10. The Bertz CT molecular complexity index is 845. The molecule has 7 heteroatoms. The predicted octanol–water partition coefficient (Wildman–Crippen LogP) is 4.31. The van der Waals surface area contributed by atoms with Crippen LogP contribution in [0.1, 0.15) is 31.2 Å². The molecule has 0 aliphatic carbocycles. The minimum Gasteiger partial charge on any atom is -0.352 e. The molecule has 1 saturated heterocycles. The monoisotopic (exact) mass is 401 g/mol. The first-order chi connectivity index (χ1) is 14.0. The average Bonchev–Trinajstić information content (AvgIpc) is 2.72. The minimum absolute atomic E-state index is 0.0290. The van der Waals surface area contributed by atoms with Gasteiger partial charge in [0.15, 0.2) is 0 Å². The smallest absolute Gasteiger partial charge is 0.321 e. The maximum absolute atomic E-state index is 13.6. The van der Waals surface area contributed by atoms with Crippen LogP contribution in [0, 0.1) is 17.6 Å². The number of anilines is 1. The fourth-order valence-corrected chi connectivity index (χ4v) is 3.49. The van der Waals surface area contributed by atoms with Crippen LogP contribution in [-0.2, 0) is 11.3 Å². The van der Waals surface area contributed by atoms with Gasteiger partial charge in [0.05, 0.1) is 0 Å². The van der Waals surface area contributed by atoms with Crippen molar-refractivity contribution in [2.24, 2.45) is 5.92 Å². The van der Waals surface area contributed by atoms with Crippen LogP contribution in [0.4, 0.5) is 19.3 Å². The Hall–Kier alpha value is -2.96. The SMILES string of the molecule is O=C(CCC1CCCN(C(=O)Nc2ccccc2)C1)NCc1ccc(F)cc1F. The van der Waals surface area contributed by atoms with E-state index < -0.39 is 11.6 Å². The van der Waals surface area contributed by atoms with E-state index >= 15 is 0 Å². The molecular weight excluding hydrogens is 376 g/mol. The standard InChI is InChI=1S/C22H25F2N3O2/c23-18-10-9-17(20(24)13-18)14-25-21(28)11-8-16-5-4-12-27(15-16)22(29)26-19-6-2-1-3-7-19/h1-3,6-7,9-10,13,16H,4-5,8,11-12,14-15H2,(H,25,28)(H,26,29). The number of nitrogens with zero attached hydrogens (tertiary/aromatic N) is 1. The molecule has 1 aliphatic heterocycles. The van der Waals surface area contributed by atoms with Gasteiger partial charge in [0.25, 0.3) is 0 Å². The Kier molecular flexibility index (Phi) is 7.16. The number of hydrogen-bond acceptors (Lipinski definition) is 2. The summed E-state index contributed by atoms with van der Waals surface area (Å²) in [4.78, 5) is 26.3. The van der Waals surface area contributed by atoms with Crippen molar-refractivity contribution in [2.45, 2.75) is 32.2 Å². The van der Waals surface area contributed by atoms with E-state index in [1.807, 2.05) is 30.3 Å². The van der Waals surface area contributed by atoms with Gasteiger partial charge in [-0.3, -0.25) is 4.79 Å². The van der Waals surface area contributed by atoms with Crippen LogP contribution >= 0.6 is 0 Å². The zero-order valence-corrected chi connectivity index (χ0v) is 16.2. The summed E-state index contributed by atoms with van der Waals surface area (Å²) in [5.74, 6) is -1.24. The topological polar surface area (TPSA) is 61.4 Å². The minimum atomic E-state index is -0.669. The van der Waals surface area contributed by atoms with Gasteiger partial charge in [0, 0.05) is 43.4 Å². The molecular formula is C22H25F2N3O2. The molecule has 5 nitrogen and oxygen atoms in total. The van der Waals surface area contributed by atoms with Gasteiger partial charge in [-0.05, 0) is 43.4 Å². The number of likely N-dealkylation sites (tertiary alicyclic amines) is 1. The van der Waals surface area contributed by atoms with Crippen LogP contribution < -0.4 is 10.6 Å². The van der Waals surface area contributed by atoms with Crippen LogP contribution in [0.25, 0.3) is 0 Å². The van der Waals surface area contributed by atoms with Crippen molar-refractivity contribution in [3.63, 3.8) is 0 Å². The molecule has 3 amide bonds. The Morgan fingerprint density at radius 3 is 2.66 bits per heavy atom. The fraction of sp³-hybridized carbons (Fsp3) is 0.364. The van der Waals surface area contributed by atoms with Gasteiger partial charge in [-0.25, -0.2) is 13.6 Å². The van der Waals surface area contributed by atoms with Crippen molar-refractivity contribution in [2.75, 3.05) is 18.4 Å². The van der Waals surface area contributed by atoms with E-state index in [0.717, 1.165) is 24.6 Å². The lowest BCUT2D eigenvalue weighted by atomic mass is 9.93. The maximum Gasteiger partial charge on any atom is 0.321 e. The van der Waals surface area contributed by atoms with E-state index in [9.17, 15) is 18.4 Å². The van der Waals surface area contributed by atoms with Crippen LogP contribution in [0.5, 0.6) is 0 Å². The van der Waals surface area contributed by atoms with Crippen LogP contribution in [0.2, 0.25) is 0 Å². The van der Waals surface area contributed by atoms with Gasteiger partial charge in [0.2, 0.25) is 5.91 Å². The Morgan fingerprint density at radius 1 is 1.10 bits per heavy atom. The van der Waals surface area contributed by atoms with Gasteiger partial charge in [-0.15, -0.1) is 0 Å². The number of urea groups is 1. The van der Waals surface area contributed by atoms with Crippen molar-refractivity contribution in [1.29, 1.82) is 0 Å². The van der Waals surface area contributed by atoms with E-state index in [2.05, 4.69) is 10.6 Å². The number of carbonyl (C=O) groups is 2. The summed E-state index contributed by atoms with van der Waals surface area (Å²) in [5, 5.41) is 5.56. The molecule has 29 heavy (non-hydrogen) atoms. The highest BCUT2D eigenvalue weighted by molar-refractivity contribution is 5.89. The van der Waals surface area contributed by atoms with E-state index in [0.29, 0.717) is 25.9 Å². The number of para-hydroxylation sites is 1. The van der Waals surface area contributed by atoms with Gasteiger partial charge in [-0.2, -0.15) is 0 Å². The molecule has 3 rings (SSSR count). The molecule has 0 saturated carbocycles. The fourth-order valence-electron chi connectivity index (χ4n) is 3.49. The lowest BCUT2D eigenvalue weighted by Gasteiger charge is -2.32. The average molecular weight is 401 g/mol. The van der Waals surface area contributed by atoms with E-state index in [-0.39, 0.29) is 30.0 Å². The number of amides is 3. The summed E-state index contributed by atoms with van der Waals surface area (Å²) in [5.41, 5.74) is 1.01. The highest BCUT2D eigenvalue weighted by atomic mass is 19.1. The summed E-state index contributed by atoms with van der Waals surface area (Å²) in [6, 6.07) is 12.5. The first kappa shape index (κ1) is 20.8. The van der Waals surface area contributed by atoms with Gasteiger partial charge in [0.1, 0.15) is 11.6 Å². The molecule has 1 aliphatic rings. The normalized spacial score (nSPS) is 16.3. The van der Waals surface area contributed by atoms with Crippen molar-refractivity contribution in [3.05, 3.63) is 65.7 Å². The molecule has 2 aromatic carbocycles. The summed E-state index contributed by atoms with van der Waals surface area (Å²) >= 11 is 0. The quantitative estimate of drug-likeness (QED) is 0.758. The molecule has 1 heterocycles. The lowest BCUT2D eigenvalue weighted by Crippen LogP contribution is -2.42. The number of carbonyl (C=O) groups excluding carboxylic acids is 2. The number of rotatable bonds is 6. The second kappa shape index (κ2) is 10.0. The molecule has 1 atom stereocenters. The van der Waals surface area contributed by atoms with Crippen molar-refractivity contribution in [1.82, 2.24) is 10.2 Å². The van der Waals surface area contributed by atoms with Gasteiger partial charge in [-0.1, -0.05) is 24.3 Å². The predicted molar refractivity (Wildman–Crippen MR) is 107 cm³/mol. The van der Waals surface area contributed by atoms with E-state index in [4.69, 9.17) is 0 Å². The number of piperidine rings is 1. The summed E-state index contributed by atoms with van der Waals surface area (Å²) in [7, 11) is 0. The van der Waals surface area contributed by atoms with Crippen molar-refractivity contribution >= 4 is 17.6 Å². The van der Waals surface area contributed by atoms with Crippen LogP contribution in [-0.4, -0.2) is 29.9 Å². The molecule has 0 aromatic heterocycles. The maximum atomic E-state index is 13.6. The van der Waals surface area contributed by atoms with Crippen molar-refractivity contribution < 1.29 is 18.4 Å². The van der Waals surface area contributed by atoms with E-state index in [1.54, 1.807) is 4.90 Å². The molecule has 0 bridgehead atoms. The molecule has 0 spiro atoms. The summed E-state index contributed by atoms with van der Waals surface area (Å²) in [6.07, 6.45) is 2.83. The number of nitrogens with one attached hydrogen (secondary N) is 2. The molecule has 2 N–H and O–H groups in total. The van der Waals surface area contributed by atoms with Gasteiger partial charge >= 0.3 is 6.03 Å². The Morgan fingerprint density at radius 2 is 1.90 bits per heavy atom. The number of hydrogen-bond donors (Lipinski definition) is 2. The molecule has 1 fully saturated rings. The zero-order chi connectivity index (χ0) is 20.6. The molecule has 2 aromatic rings. The molecule has 1 unspecified atom stereocenters. The molecule has 0 radical (unpaired) electrons. The van der Waals surface area contributed by atoms with Crippen molar-refractivity contribution in [3.8, 4) is 0 Å². The number of benzene rings is 2. The first-order valence-electron chi connectivity index (χ1n) is 9.83. The Labute approximate surface area is 169 Å². The zero-order valence-electron chi connectivity index (χ0n) is 16.2. The highest BCUT2D eigenvalue weighted by Gasteiger charge is 2.24. The van der Waals surface area contributed by atoms with Crippen LogP contribution in [0.3, 0.4) is 0 Å². The third-order valence-corrected chi connectivity index (χ3v) is 5.10. The molecule has 154 valence electrons. The van der Waals surface area contributed by atoms with E-state index in [1.165, 1.54) is 12.1 Å².